The van der Waals surface area contributed by atoms with Crippen molar-refractivity contribution in [3.63, 3.8) is 0 Å². The third-order valence-electron chi connectivity index (χ3n) is 4.18. The first kappa shape index (κ1) is 15.0. The number of hydrogen-bond donors (Lipinski definition) is 2. The van der Waals surface area contributed by atoms with E-state index in [2.05, 4.69) is 24.4 Å². The Hall–Kier alpha value is -1.35. The number of unbranched alkanes of at least 4 members (excludes halogenated alkanes) is 1. The van der Waals surface area contributed by atoms with Gasteiger partial charge in [0.25, 0.3) is 0 Å². The standard InChI is InChI=1S/C17H26N2O/c1-2-3-4-13-5-11-16(12-6-13)19-17(20)14-7-9-15(18)10-8-14/h5-6,11-12,14-15H,2-4,7-10,18H2,1H3,(H,19,20). The summed E-state index contributed by atoms with van der Waals surface area (Å²) >= 11 is 0. The lowest BCUT2D eigenvalue weighted by atomic mass is 9.86. The van der Waals surface area contributed by atoms with E-state index in [9.17, 15) is 4.79 Å². The second-order valence-corrected chi connectivity index (χ2v) is 5.90. The van der Waals surface area contributed by atoms with Crippen molar-refractivity contribution < 1.29 is 4.79 Å². The first-order valence-corrected chi connectivity index (χ1v) is 7.84. The Balaban J connectivity index is 1.84. The number of aryl methyl sites for hydroxylation is 1. The number of amides is 1. The van der Waals surface area contributed by atoms with Crippen molar-refractivity contribution in [1.29, 1.82) is 0 Å². The molecule has 0 spiro atoms. The molecule has 20 heavy (non-hydrogen) atoms. The van der Waals surface area contributed by atoms with Crippen LogP contribution in [0.2, 0.25) is 0 Å². The van der Waals surface area contributed by atoms with Crippen LogP contribution in [-0.4, -0.2) is 11.9 Å². The molecule has 0 radical (unpaired) electrons. The molecular formula is C17H26N2O. The fourth-order valence-electron chi connectivity index (χ4n) is 2.76. The number of nitrogens with two attached hydrogens (primary N) is 1. The highest BCUT2D eigenvalue weighted by Gasteiger charge is 2.24. The smallest absolute Gasteiger partial charge is 0.227 e. The maximum atomic E-state index is 12.2. The lowest BCUT2D eigenvalue weighted by molar-refractivity contribution is -0.120. The van der Waals surface area contributed by atoms with Gasteiger partial charge in [-0.1, -0.05) is 25.5 Å². The average Bonchev–Trinajstić information content (AvgIpc) is 2.47. The fraction of sp³-hybridized carbons (Fsp3) is 0.588. The summed E-state index contributed by atoms with van der Waals surface area (Å²) in [5, 5.41) is 3.03. The van der Waals surface area contributed by atoms with E-state index in [1.807, 2.05) is 12.1 Å². The molecule has 1 saturated carbocycles. The molecule has 1 aromatic rings. The summed E-state index contributed by atoms with van der Waals surface area (Å²) in [5.74, 6) is 0.285. The maximum Gasteiger partial charge on any atom is 0.227 e. The highest BCUT2D eigenvalue weighted by atomic mass is 16.1. The van der Waals surface area contributed by atoms with Crippen LogP contribution in [0.1, 0.15) is 51.0 Å². The van der Waals surface area contributed by atoms with Crippen molar-refractivity contribution in [3.8, 4) is 0 Å². The van der Waals surface area contributed by atoms with Crippen LogP contribution in [0.15, 0.2) is 24.3 Å². The van der Waals surface area contributed by atoms with Crippen LogP contribution in [-0.2, 0) is 11.2 Å². The molecule has 3 heteroatoms. The number of carbonyl (C=O) groups excluding carboxylic acids is 1. The molecule has 0 aromatic heterocycles. The minimum Gasteiger partial charge on any atom is -0.328 e. The van der Waals surface area contributed by atoms with Crippen LogP contribution in [0.5, 0.6) is 0 Å². The predicted octanol–water partition coefficient (Wildman–Crippen LogP) is 3.49. The zero-order chi connectivity index (χ0) is 14.4. The number of carbonyl (C=O) groups is 1. The number of rotatable bonds is 5. The lowest BCUT2D eigenvalue weighted by Gasteiger charge is -2.25. The Labute approximate surface area is 121 Å². The van der Waals surface area contributed by atoms with E-state index in [1.165, 1.54) is 18.4 Å². The predicted molar refractivity (Wildman–Crippen MR) is 83.6 cm³/mol. The molecule has 1 aliphatic carbocycles. The third-order valence-corrected chi connectivity index (χ3v) is 4.18. The van der Waals surface area contributed by atoms with Gasteiger partial charge in [0.05, 0.1) is 0 Å². The molecular weight excluding hydrogens is 248 g/mol. The first-order chi connectivity index (χ1) is 9.69. The van der Waals surface area contributed by atoms with Crippen LogP contribution in [0.25, 0.3) is 0 Å². The van der Waals surface area contributed by atoms with Gasteiger partial charge in [-0.05, 0) is 56.2 Å². The van der Waals surface area contributed by atoms with Crippen LogP contribution in [0.3, 0.4) is 0 Å². The van der Waals surface area contributed by atoms with Crippen LogP contribution in [0.4, 0.5) is 5.69 Å². The van der Waals surface area contributed by atoms with E-state index in [-0.39, 0.29) is 17.9 Å². The zero-order valence-electron chi connectivity index (χ0n) is 12.4. The monoisotopic (exact) mass is 274 g/mol. The summed E-state index contributed by atoms with van der Waals surface area (Å²) in [6, 6.07) is 8.54. The van der Waals surface area contributed by atoms with Gasteiger partial charge in [-0.25, -0.2) is 0 Å². The SMILES string of the molecule is CCCCc1ccc(NC(=O)C2CCC(N)CC2)cc1. The van der Waals surface area contributed by atoms with Gasteiger partial charge in [-0.3, -0.25) is 4.79 Å². The molecule has 1 aromatic carbocycles. The number of hydrogen-bond acceptors (Lipinski definition) is 2. The highest BCUT2D eigenvalue weighted by Crippen LogP contribution is 2.24. The quantitative estimate of drug-likeness (QED) is 0.863. The van der Waals surface area contributed by atoms with Gasteiger partial charge in [0.2, 0.25) is 5.91 Å². The Morgan fingerprint density at radius 3 is 2.45 bits per heavy atom. The molecule has 3 nitrogen and oxygen atoms in total. The van der Waals surface area contributed by atoms with Crippen LogP contribution < -0.4 is 11.1 Å². The molecule has 1 fully saturated rings. The van der Waals surface area contributed by atoms with E-state index in [0.29, 0.717) is 0 Å². The molecule has 2 rings (SSSR count). The van der Waals surface area contributed by atoms with Crippen molar-refractivity contribution in [2.45, 2.75) is 57.9 Å². The molecule has 3 N–H and O–H groups in total. The minimum atomic E-state index is 0.134. The Bertz CT molecular complexity index is 419. The topological polar surface area (TPSA) is 55.1 Å². The maximum absolute atomic E-state index is 12.2. The summed E-state index contributed by atoms with van der Waals surface area (Å²) in [7, 11) is 0. The summed E-state index contributed by atoms with van der Waals surface area (Å²) in [6.07, 6.45) is 7.31. The lowest BCUT2D eigenvalue weighted by Crippen LogP contribution is -2.32. The summed E-state index contributed by atoms with van der Waals surface area (Å²) in [5.41, 5.74) is 8.12. The van der Waals surface area contributed by atoms with E-state index < -0.39 is 0 Å². The molecule has 0 unspecified atom stereocenters. The van der Waals surface area contributed by atoms with Crippen molar-refractivity contribution in [3.05, 3.63) is 29.8 Å². The highest BCUT2D eigenvalue weighted by molar-refractivity contribution is 5.92. The molecule has 0 heterocycles. The van der Waals surface area contributed by atoms with Crippen molar-refractivity contribution in [2.24, 2.45) is 11.7 Å². The number of nitrogens with one attached hydrogen (secondary N) is 1. The number of anilines is 1. The van der Waals surface area contributed by atoms with Crippen molar-refractivity contribution >= 4 is 11.6 Å². The summed E-state index contributed by atoms with van der Waals surface area (Å²) in [6.45, 7) is 2.20. The summed E-state index contributed by atoms with van der Waals surface area (Å²) in [4.78, 5) is 12.2. The van der Waals surface area contributed by atoms with E-state index >= 15 is 0 Å². The molecule has 0 saturated heterocycles. The largest absolute Gasteiger partial charge is 0.328 e. The van der Waals surface area contributed by atoms with E-state index in [4.69, 9.17) is 5.73 Å². The van der Waals surface area contributed by atoms with Gasteiger partial charge in [0, 0.05) is 17.6 Å². The Kier molecular flexibility index (Phi) is 5.60. The van der Waals surface area contributed by atoms with Gasteiger partial charge in [-0.2, -0.15) is 0 Å². The molecule has 1 amide bonds. The average molecular weight is 274 g/mol. The second-order valence-electron chi connectivity index (χ2n) is 5.90. The fourth-order valence-corrected chi connectivity index (χ4v) is 2.76. The minimum absolute atomic E-state index is 0.134. The van der Waals surface area contributed by atoms with E-state index in [1.54, 1.807) is 0 Å². The van der Waals surface area contributed by atoms with Crippen LogP contribution >= 0.6 is 0 Å². The molecule has 0 bridgehead atoms. The van der Waals surface area contributed by atoms with Gasteiger partial charge in [0.15, 0.2) is 0 Å². The second kappa shape index (κ2) is 7.44. The van der Waals surface area contributed by atoms with Crippen LogP contribution in [0, 0.1) is 5.92 Å². The normalized spacial score (nSPS) is 22.5. The Morgan fingerprint density at radius 1 is 1.20 bits per heavy atom. The van der Waals surface area contributed by atoms with Crippen molar-refractivity contribution in [1.82, 2.24) is 0 Å². The zero-order valence-corrected chi connectivity index (χ0v) is 12.4. The molecule has 0 atom stereocenters. The number of benzene rings is 1. The first-order valence-electron chi connectivity index (χ1n) is 7.84. The van der Waals surface area contributed by atoms with Gasteiger partial charge >= 0.3 is 0 Å². The summed E-state index contributed by atoms with van der Waals surface area (Å²) < 4.78 is 0. The van der Waals surface area contributed by atoms with Gasteiger partial charge in [0.1, 0.15) is 0 Å². The third kappa shape index (κ3) is 4.34. The Morgan fingerprint density at radius 2 is 1.85 bits per heavy atom. The molecule has 0 aliphatic heterocycles. The molecule has 1 aliphatic rings. The van der Waals surface area contributed by atoms with E-state index in [0.717, 1.165) is 37.8 Å². The van der Waals surface area contributed by atoms with Gasteiger partial charge < -0.3 is 11.1 Å². The molecule has 110 valence electrons. The van der Waals surface area contributed by atoms with Crippen molar-refractivity contribution in [2.75, 3.05) is 5.32 Å². The van der Waals surface area contributed by atoms with Gasteiger partial charge in [-0.15, -0.1) is 0 Å².